The number of ether oxygens (including phenoxy) is 1. The van der Waals surface area contributed by atoms with Gasteiger partial charge in [-0.05, 0) is 103 Å². The molecule has 11 atom stereocenters. The fourth-order valence-electron chi connectivity index (χ4n) is 10.00. The molecule has 5 aliphatic rings. The van der Waals surface area contributed by atoms with Crippen molar-refractivity contribution in [2.45, 2.75) is 118 Å². The molecule has 0 aromatic carbocycles. The van der Waals surface area contributed by atoms with Gasteiger partial charge in [0.25, 0.3) is 0 Å². The Hall–Kier alpha value is -0.0400. The van der Waals surface area contributed by atoms with Crippen molar-refractivity contribution in [1.82, 2.24) is 0 Å². The molecule has 1 heterocycles. The van der Waals surface area contributed by atoms with Gasteiger partial charge in [-0.3, -0.25) is 0 Å². The second kappa shape index (κ2) is 7.25. The van der Waals surface area contributed by atoms with Crippen molar-refractivity contribution >= 4 is 0 Å². The molecule has 1 heteroatoms. The van der Waals surface area contributed by atoms with E-state index in [2.05, 4.69) is 41.5 Å². The summed E-state index contributed by atoms with van der Waals surface area (Å²) in [5.41, 5.74) is 1.20. The molecule has 166 valence electrons. The molecule has 1 saturated heterocycles. The van der Waals surface area contributed by atoms with Gasteiger partial charge in [-0.25, -0.2) is 0 Å². The van der Waals surface area contributed by atoms with E-state index in [9.17, 15) is 0 Å². The van der Waals surface area contributed by atoms with Gasteiger partial charge in [0.2, 0.25) is 0 Å². The van der Waals surface area contributed by atoms with E-state index < -0.39 is 0 Å². The third kappa shape index (κ3) is 3.10. The fourth-order valence-corrected chi connectivity index (χ4v) is 10.00. The third-order valence-electron chi connectivity index (χ3n) is 11.8. The molecule has 29 heavy (non-hydrogen) atoms. The van der Waals surface area contributed by atoms with Crippen molar-refractivity contribution in [2.24, 2.45) is 58.2 Å². The van der Waals surface area contributed by atoms with Crippen LogP contribution in [0.25, 0.3) is 0 Å². The first-order valence-corrected chi connectivity index (χ1v) is 13.4. The molecule has 0 bridgehead atoms. The van der Waals surface area contributed by atoms with Crippen molar-refractivity contribution < 1.29 is 4.74 Å². The van der Waals surface area contributed by atoms with Crippen molar-refractivity contribution in [2.75, 3.05) is 0 Å². The van der Waals surface area contributed by atoms with Crippen LogP contribution in [0.2, 0.25) is 0 Å². The lowest BCUT2D eigenvalue weighted by molar-refractivity contribution is -0.131. The zero-order valence-electron chi connectivity index (χ0n) is 20.3. The molecule has 0 spiro atoms. The quantitative estimate of drug-likeness (QED) is 0.430. The first kappa shape index (κ1) is 20.8. The average Bonchev–Trinajstić information content (AvgIpc) is 3.35. The maximum Gasteiger partial charge on any atom is 0.0872 e. The predicted octanol–water partition coefficient (Wildman–Crippen LogP) is 7.73. The van der Waals surface area contributed by atoms with Gasteiger partial charge in [0.15, 0.2) is 0 Å². The molecule has 0 N–H and O–H groups in total. The predicted molar refractivity (Wildman–Crippen MR) is 122 cm³/mol. The summed E-state index contributed by atoms with van der Waals surface area (Å²) in [5, 5.41) is 0. The highest BCUT2D eigenvalue weighted by Crippen LogP contribution is 2.70. The van der Waals surface area contributed by atoms with E-state index in [0.29, 0.717) is 23.0 Å². The van der Waals surface area contributed by atoms with E-state index in [0.717, 1.165) is 47.3 Å². The summed E-state index contributed by atoms with van der Waals surface area (Å²) in [7, 11) is 0. The summed E-state index contributed by atoms with van der Waals surface area (Å²) in [6, 6.07) is 0. The van der Waals surface area contributed by atoms with Gasteiger partial charge in [-0.15, -0.1) is 0 Å². The van der Waals surface area contributed by atoms with E-state index in [1.54, 1.807) is 0 Å². The van der Waals surface area contributed by atoms with Crippen molar-refractivity contribution in [3.8, 4) is 0 Å². The molecule has 1 nitrogen and oxygen atoms in total. The summed E-state index contributed by atoms with van der Waals surface area (Å²) in [5.74, 6) is 7.53. The molecule has 5 rings (SSSR count). The van der Waals surface area contributed by atoms with Crippen molar-refractivity contribution in [3.63, 3.8) is 0 Å². The van der Waals surface area contributed by atoms with Crippen LogP contribution in [-0.4, -0.2) is 12.2 Å². The topological polar surface area (TPSA) is 12.5 Å². The minimum absolute atomic E-state index is 0.558. The first-order chi connectivity index (χ1) is 13.8. The highest BCUT2D eigenvalue weighted by atomic mass is 16.6. The van der Waals surface area contributed by atoms with E-state index in [1.165, 1.54) is 64.2 Å². The van der Waals surface area contributed by atoms with E-state index in [4.69, 9.17) is 4.74 Å². The summed E-state index contributed by atoms with van der Waals surface area (Å²) in [4.78, 5) is 0. The molecule has 4 saturated carbocycles. The maximum atomic E-state index is 6.14. The molecule has 4 aliphatic carbocycles. The van der Waals surface area contributed by atoms with Crippen LogP contribution in [0.5, 0.6) is 0 Å². The van der Waals surface area contributed by atoms with Crippen LogP contribution in [0.1, 0.15) is 106 Å². The summed E-state index contributed by atoms with van der Waals surface area (Å²) < 4.78 is 6.14. The normalized spacial score (nSPS) is 54.3. The van der Waals surface area contributed by atoms with E-state index >= 15 is 0 Å². The van der Waals surface area contributed by atoms with Gasteiger partial charge in [0.1, 0.15) is 0 Å². The molecule has 5 fully saturated rings. The molecular formula is C28H48O. The Labute approximate surface area is 181 Å². The van der Waals surface area contributed by atoms with Crippen LogP contribution < -0.4 is 0 Å². The molecule has 0 amide bonds. The van der Waals surface area contributed by atoms with Gasteiger partial charge in [-0.2, -0.15) is 0 Å². The minimum atomic E-state index is 0.558. The lowest BCUT2D eigenvalue weighted by atomic mass is 9.42. The van der Waals surface area contributed by atoms with Gasteiger partial charge < -0.3 is 4.74 Å². The lowest BCUT2D eigenvalue weighted by Crippen LogP contribution is -2.56. The molecular weight excluding hydrogens is 352 g/mol. The molecule has 0 radical (unpaired) electrons. The number of hydrogen-bond acceptors (Lipinski definition) is 1. The largest absolute Gasteiger partial charge is 0.369 e. The van der Waals surface area contributed by atoms with Crippen LogP contribution in [0.4, 0.5) is 0 Å². The van der Waals surface area contributed by atoms with Crippen LogP contribution in [-0.2, 0) is 4.74 Å². The Morgan fingerprint density at radius 3 is 2.48 bits per heavy atom. The minimum Gasteiger partial charge on any atom is -0.369 e. The molecule has 0 aromatic rings. The number of rotatable bonds is 5. The standard InChI is InChI=1S/C28H48O/c1-17(2)8-7-9-18(3)22-12-13-23-21-11-10-20-16-25-26(29-25)19(4)28(20,6)24(21)14-15-27(22,23)5/h17-26H,7-16H2,1-6H3/t18-,19+,20+,21+,22-,23+,24+,25-,26+,27-,28+/m1/s1. The number of hydrogen-bond donors (Lipinski definition) is 0. The highest BCUT2D eigenvalue weighted by Gasteiger charge is 2.66. The smallest absolute Gasteiger partial charge is 0.0872 e. The Morgan fingerprint density at radius 2 is 1.72 bits per heavy atom. The zero-order valence-corrected chi connectivity index (χ0v) is 20.3. The van der Waals surface area contributed by atoms with Gasteiger partial charge >= 0.3 is 0 Å². The Kier molecular flexibility index (Phi) is 5.21. The Balaban J connectivity index is 1.32. The Bertz CT molecular complexity index is 611. The average molecular weight is 401 g/mol. The summed E-state index contributed by atoms with van der Waals surface area (Å²) >= 11 is 0. The SMILES string of the molecule is CC(C)CCC[C@@H](C)[C@H]1CC[C@H]2[C@@H]3CC[C@H]4C[C@H]5O[C@H]5[C@H](C)[C@]4(C)[C@H]3CC[C@]12C. The highest BCUT2D eigenvalue weighted by molar-refractivity contribution is 5.14. The van der Waals surface area contributed by atoms with Crippen LogP contribution >= 0.6 is 0 Å². The van der Waals surface area contributed by atoms with E-state index in [1.807, 2.05) is 0 Å². The second-order valence-corrected chi connectivity index (χ2v) is 13.2. The van der Waals surface area contributed by atoms with E-state index in [-0.39, 0.29) is 0 Å². The first-order valence-electron chi connectivity index (χ1n) is 13.4. The monoisotopic (exact) mass is 400 g/mol. The maximum absolute atomic E-state index is 6.14. The number of fused-ring (bicyclic) bond motifs is 6. The Morgan fingerprint density at radius 1 is 0.931 bits per heavy atom. The van der Waals surface area contributed by atoms with Crippen LogP contribution in [0.15, 0.2) is 0 Å². The van der Waals surface area contributed by atoms with Crippen molar-refractivity contribution in [3.05, 3.63) is 0 Å². The second-order valence-electron chi connectivity index (χ2n) is 13.2. The molecule has 1 aliphatic heterocycles. The fraction of sp³-hybridized carbons (Fsp3) is 1.00. The molecule has 0 aromatic heterocycles. The van der Waals surface area contributed by atoms with Gasteiger partial charge in [0, 0.05) is 0 Å². The zero-order chi connectivity index (χ0) is 20.6. The third-order valence-corrected chi connectivity index (χ3v) is 11.8. The van der Waals surface area contributed by atoms with Crippen LogP contribution in [0, 0.1) is 58.2 Å². The number of epoxide rings is 1. The summed E-state index contributed by atoms with van der Waals surface area (Å²) in [6.07, 6.45) is 16.1. The molecule has 0 unspecified atom stereocenters. The van der Waals surface area contributed by atoms with Crippen molar-refractivity contribution in [1.29, 1.82) is 0 Å². The summed E-state index contributed by atoms with van der Waals surface area (Å²) in [6.45, 7) is 15.4. The lowest BCUT2D eigenvalue weighted by Gasteiger charge is -2.62. The van der Waals surface area contributed by atoms with Gasteiger partial charge in [-0.1, -0.05) is 60.8 Å². The van der Waals surface area contributed by atoms with Crippen LogP contribution in [0.3, 0.4) is 0 Å². The van der Waals surface area contributed by atoms with Gasteiger partial charge in [0.05, 0.1) is 12.2 Å².